The predicted molar refractivity (Wildman–Crippen MR) is 160 cm³/mol. The van der Waals surface area contributed by atoms with Crippen LogP contribution in [0.2, 0.25) is 0 Å². The molecular formula is C33H42N2O4. The topological polar surface area (TPSA) is 91.2 Å². The number of phenols is 2. The van der Waals surface area contributed by atoms with Crippen LogP contribution in [0, 0.1) is 5.92 Å². The molecule has 0 amide bonds. The van der Waals surface area contributed by atoms with Gasteiger partial charge in [0.1, 0.15) is 5.75 Å². The van der Waals surface area contributed by atoms with Gasteiger partial charge in [0.2, 0.25) is 0 Å². The van der Waals surface area contributed by atoms with Crippen LogP contribution in [0.3, 0.4) is 0 Å². The zero-order chi connectivity index (χ0) is 28.2. The zero-order valence-corrected chi connectivity index (χ0v) is 23.7. The third-order valence-corrected chi connectivity index (χ3v) is 7.12. The van der Waals surface area contributed by atoms with E-state index in [1.807, 2.05) is 50.2 Å². The Kier molecular flexibility index (Phi) is 11.6. The predicted octanol–water partition coefficient (Wildman–Crippen LogP) is 7.68. The number of ketones is 1. The number of nitrogens with one attached hydrogen (secondary N) is 1. The Bertz CT molecular complexity index is 1260. The van der Waals surface area contributed by atoms with Gasteiger partial charge in [-0.05, 0) is 92.7 Å². The molecule has 1 saturated heterocycles. The van der Waals surface area contributed by atoms with Crippen molar-refractivity contribution in [1.29, 1.82) is 0 Å². The van der Waals surface area contributed by atoms with E-state index in [4.69, 9.17) is 9.73 Å². The monoisotopic (exact) mass is 530 g/mol. The number of benzene rings is 3. The molecular weight excluding hydrogens is 488 g/mol. The molecule has 0 aliphatic carbocycles. The molecule has 1 aliphatic heterocycles. The third kappa shape index (κ3) is 8.42. The summed E-state index contributed by atoms with van der Waals surface area (Å²) in [6, 6.07) is 17.7. The minimum absolute atomic E-state index is 0.0262. The average molecular weight is 531 g/mol. The maximum Gasteiger partial charge on any atom is 0.165 e. The zero-order valence-electron chi connectivity index (χ0n) is 23.7. The number of phenolic OH excluding ortho intramolecular Hbond substituents is 2. The van der Waals surface area contributed by atoms with Gasteiger partial charge in [0, 0.05) is 23.3 Å². The van der Waals surface area contributed by atoms with Gasteiger partial charge in [-0.1, -0.05) is 51.0 Å². The number of piperidine rings is 1. The first-order valence-electron chi connectivity index (χ1n) is 14.0. The van der Waals surface area contributed by atoms with Gasteiger partial charge in [-0.3, -0.25) is 9.79 Å². The maximum absolute atomic E-state index is 13.0. The highest BCUT2D eigenvalue weighted by molar-refractivity contribution is 6.06. The highest BCUT2D eigenvalue weighted by Crippen LogP contribution is 2.34. The lowest BCUT2D eigenvalue weighted by Crippen LogP contribution is -2.29. The number of carbonyl (C=O) groups is 1. The molecule has 1 heterocycles. The van der Waals surface area contributed by atoms with Crippen LogP contribution in [0.1, 0.15) is 75.2 Å². The van der Waals surface area contributed by atoms with Gasteiger partial charge >= 0.3 is 0 Å². The lowest BCUT2D eigenvalue weighted by Gasteiger charge is -2.20. The number of unbranched alkanes of at least 4 members (excludes halogenated alkanes) is 1. The van der Waals surface area contributed by atoms with Crippen molar-refractivity contribution in [3.05, 3.63) is 71.8 Å². The first-order valence-corrected chi connectivity index (χ1v) is 14.0. The molecule has 0 spiro atoms. The fourth-order valence-corrected chi connectivity index (χ4v) is 4.67. The maximum atomic E-state index is 13.0. The first-order chi connectivity index (χ1) is 18.9. The van der Waals surface area contributed by atoms with E-state index in [2.05, 4.69) is 12.2 Å². The largest absolute Gasteiger partial charge is 0.504 e. The quantitative estimate of drug-likeness (QED) is 0.150. The van der Waals surface area contributed by atoms with Crippen LogP contribution in [-0.4, -0.2) is 41.9 Å². The van der Waals surface area contributed by atoms with Crippen LogP contribution < -0.4 is 10.1 Å². The molecule has 0 radical (unpaired) electrons. The standard InChI is InChI=1S/C26H27NO4.C7H15N/c1-4-5-9-23(28)21-15-18(19-12-14-24(29)25(30)16-19)11-13-22(21)27-17(2)20-8-6-7-10-26(20)31-3;1-2-7-4-3-5-8-6-7/h6-8,10-16,29-30H,4-5,9H2,1-3H3;7-8H,2-6H2,1H3. The van der Waals surface area contributed by atoms with Gasteiger partial charge in [-0.2, -0.15) is 0 Å². The van der Waals surface area contributed by atoms with Crippen molar-refractivity contribution in [3.8, 4) is 28.4 Å². The Morgan fingerprint density at radius 2 is 1.74 bits per heavy atom. The van der Waals surface area contributed by atoms with Crippen LogP contribution >= 0.6 is 0 Å². The number of methoxy groups -OCH3 is 1. The number of carbonyl (C=O) groups excluding carboxylic acids is 1. The van der Waals surface area contributed by atoms with Crippen LogP contribution in [0.4, 0.5) is 5.69 Å². The van der Waals surface area contributed by atoms with Crippen molar-refractivity contribution in [2.24, 2.45) is 10.9 Å². The van der Waals surface area contributed by atoms with Gasteiger partial charge < -0.3 is 20.3 Å². The number of aliphatic imine (C=N–C) groups is 1. The second-order valence-corrected chi connectivity index (χ2v) is 9.98. The van der Waals surface area contributed by atoms with Crippen molar-refractivity contribution in [2.45, 2.75) is 59.3 Å². The normalized spacial score (nSPS) is 15.3. The van der Waals surface area contributed by atoms with Crippen molar-refractivity contribution >= 4 is 17.2 Å². The number of Topliss-reactive ketones (excluding diaryl/α,β-unsaturated/α-hetero) is 1. The second kappa shape index (κ2) is 15.1. The van der Waals surface area contributed by atoms with Gasteiger partial charge in [0.25, 0.3) is 0 Å². The molecule has 3 aromatic rings. The Balaban J connectivity index is 0.000000449. The van der Waals surface area contributed by atoms with E-state index in [1.165, 1.54) is 44.5 Å². The van der Waals surface area contributed by atoms with E-state index in [0.717, 1.165) is 41.3 Å². The molecule has 3 N–H and O–H groups in total. The molecule has 1 aliphatic rings. The van der Waals surface area contributed by atoms with Crippen LogP contribution in [-0.2, 0) is 0 Å². The molecule has 6 nitrogen and oxygen atoms in total. The number of hydrogen-bond acceptors (Lipinski definition) is 6. The molecule has 4 rings (SSSR count). The molecule has 0 bridgehead atoms. The fourth-order valence-electron chi connectivity index (χ4n) is 4.67. The SMILES string of the molecule is CCC1CCCNC1.CCCCC(=O)c1cc(-c2ccc(O)c(O)c2)ccc1N=C(C)c1ccccc1OC. The van der Waals surface area contributed by atoms with Crippen LogP contribution in [0.15, 0.2) is 65.7 Å². The summed E-state index contributed by atoms with van der Waals surface area (Å²) >= 11 is 0. The molecule has 0 saturated carbocycles. The number of nitrogens with zero attached hydrogens (tertiary/aromatic N) is 1. The van der Waals surface area contributed by atoms with E-state index in [0.29, 0.717) is 23.2 Å². The molecule has 6 heteroatoms. The van der Waals surface area contributed by atoms with E-state index in [9.17, 15) is 15.0 Å². The van der Waals surface area contributed by atoms with Gasteiger partial charge in [0.05, 0.1) is 12.8 Å². The first kappa shape index (κ1) is 29.9. The Labute approximate surface area is 232 Å². The van der Waals surface area contributed by atoms with Crippen molar-refractivity contribution in [3.63, 3.8) is 0 Å². The summed E-state index contributed by atoms with van der Waals surface area (Å²) in [5, 5.41) is 22.8. The van der Waals surface area contributed by atoms with Crippen molar-refractivity contribution < 1.29 is 19.7 Å². The third-order valence-electron chi connectivity index (χ3n) is 7.12. The summed E-state index contributed by atoms with van der Waals surface area (Å²) in [5.41, 5.74) is 4.21. The van der Waals surface area contributed by atoms with E-state index < -0.39 is 0 Å². The second-order valence-electron chi connectivity index (χ2n) is 9.98. The van der Waals surface area contributed by atoms with Gasteiger partial charge in [0.15, 0.2) is 17.3 Å². The summed E-state index contributed by atoms with van der Waals surface area (Å²) in [7, 11) is 1.62. The van der Waals surface area contributed by atoms with E-state index in [1.54, 1.807) is 19.2 Å². The van der Waals surface area contributed by atoms with Crippen molar-refractivity contribution in [2.75, 3.05) is 20.2 Å². The minimum atomic E-state index is -0.203. The number of ether oxygens (including phenoxy) is 1. The number of rotatable bonds is 9. The highest BCUT2D eigenvalue weighted by atomic mass is 16.5. The summed E-state index contributed by atoms with van der Waals surface area (Å²) in [4.78, 5) is 17.7. The van der Waals surface area contributed by atoms with E-state index in [-0.39, 0.29) is 17.3 Å². The highest BCUT2D eigenvalue weighted by Gasteiger charge is 2.15. The lowest BCUT2D eigenvalue weighted by atomic mass is 9.97. The Morgan fingerprint density at radius 3 is 2.38 bits per heavy atom. The molecule has 1 fully saturated rings. The summed E-state index contributed by atoms with van der Waals surface area (Å²) in [6.07, 6.45) is 6.36. The van der Waals surface area contributed by atoms with Gasteiger partial charge in [-0.25, -0.2) is 0 Å². The fraction of sp³-hybridized carbons (Fsp3) is 0.394. The smallest absolute Gasteiger partial charge is 0.165 e. The minimum Gasteiger partial charge on any atom is -0.504 e. The molecule has 0 aromatic heterocycles. The van der Waals surface area contributed by atoms with E-state index >= 15 is 0 Å². The molecule has 1 unspecified atom stereocenters. The molecule has 3 aromatic carbocycles. The van der Waals surface area contributed by atoms with Crippen LogP contribution in [0.25, 0.3) is 11.1 Å². The van der Waals surface area contributed by atoms with Crippen molar-refractivity contribution in [1.82, 2.24) is 5.32 Å². The Hall–Kier alpha value is -3.64. The number of aromatic hydroxyl groups is 2. The average Bonchev–Trinajstić information content (AvgIpc) is 2.98. The molecule has 39 heavy (non-hydrogen) atoms. The summed E-state index contributed by atoms with van der Waals surface area (Å²) < 4.78 is 5.44. The molecule has 1 atom stereocenters. The Morgan fingerprint density at radius 1 is 1.00 bits per heavy atom. The molecule has 208 valence electrons. The number of hydrogen-bond donors (Lipinski definition) is 3. The number of para-hydroxylation sites is 1. The lowest BCUT2D eigenvalue weighted by molar-refractivity contribution is 0.0980. The summed E-state index contributed by atoms with van der Waals surface area (Å²) in [6.45, 7) is 8.72. The van der Waals surface area contributed by atoms with Gasteiger partial charge in [-0.15, -0.1) is 0 Å². The van der Waals surface area contributed by atoms with Crippen LogP contribution in [0.5, 0.6) is 17.2 Å². The summed E-state index contributed by atoms with van der Waals surface area (Å²) in [5.74, 6) is 1.34.